The Bertz CT molecular complexity index is 599. The van der Waals surface area contributed by atoms with Gasteiger partial charge in [0.2, 0.25) is 5.82 Å². The van der Waals surface area contributed by atoms with E-state index in [0.717, 1.165) is 5.69 Å². The molecule has 0 spiro atoms. The fourth-order valence-electron chi connectivity index (χ4n) is 1.61. The molecule has 100 valence electrons. The van der Waals surface area contributed by atoms with E-state index in [-0.39, 0.29) is 16.5 Å². The van der Waals surface area contributed by atoms with Crippen LogP contribution in [0.1, 0.15) is 5.69 Å². The van der Waals surface area contributed by atoms with Crippen molar-refractivity contribution in [2.45, 2.75) is 6.42 Å². The predicted molar refractivity (Wildman–Crippen MR) is 71.3 cm³/mol. The van der Waals surface area contributed by atoms with Gasteiger partial charge in [0.1, 0.15) is 0 Å². The quantitative estimate of drug-likeness (QED) is 0.669. The Morgan fingerprint density at radius 1 is 1.58 bits per heavy atom. The van der Waals surface area contributed by atoms with Crippen molar-refractivity contribution >= 4 is 23.1 Å². The fourth-order valence-corrected chi connectivity index (χ4v) is 1.76. The van der Waals surface area contributed by atoms with Crippen LogP contribution in [0.5, 0.6) is 0 Å². The lowest BCUT2D eigenvalue weighted by molar-refractivity contribution is -0.384. The zero-order valence-corrected chi connectivity index (χ0v) is 11.0. The minimum Gasteiger partial charge on any atom is -0.364 e. The summed E-state index contributed by atoms with van der Waals surface area (Å²) in [5.74, 6) is 0.213. The van der Waals surface area contributed by atoms with Gasteiger partial charge >= 0.3 is 5.69 Å². The van der Waals surface area contributed by atoms with E-state index in [2.05, 4.69) is 15.4 Å². The van der Waals surface area contributed by atoms with Gasteiger partial charge in [-0.05, 0) is 6.07 Å². The van der Waals surface area contributed by atoms with Gasteiger partial charge in [0.15, 0.2) is 0 Å². The van der Waals surface area contributed by atoms with Crippen molar-refractivity contribution in [1.29, 1.82) is 0 Å². The highest BCUT2D eigenvalue weighted by atomic mass is 35.5. The zero-order chi connectivity index (χ0) is 13.8. The predicted octanol–water partition coefficient (Wildman–Crippen LogP) is 2.03. The minimum absolute atomic E-state index is 0.131. The molecular formula is C11H12ClN5O2. The molecule has 0 atom stereocenters. The standard InChI is InChI=1S/C11H12ClN5O2/c1-16-5-3-9(15-16)2-4-13-11-10(17(18)19)6-8(12)7-14-11/h3,5-7H,2,4H2,1H3,(H,13,14). The summed E-state index contributed by atoms with van der Waals surface area (Å²) >= 11 is 5.69. The van der Waals surface area contributed by atoms with Crippen molar-refractivity contribution in [3.63, 3.8) is 0 Å². The molecule has 2 aromatic rings. The topological polar surface area (TPSA) is 85.9 Å². The zero-order valence-electron chi connectivity index (χ0n) is 10.2. The van der Waals surface area contributed by atoms with E-state index in [9.17, 15) is 10.1 Å². The minimum atomic E-state index is -0.512. The maximum absolute atomic E-state index is 10.9. The Balaban J connectivity index is 2.01. The number of halogens is 1. The molecule has 0 amide bonds. The van der Waals surface area contributed by atoms with Crippen molar-refractivity contribution in [1.82, 2.24) is 14.8 Å². The molecule has 2 rings (SSSR count). The van der Waals surface area contributed by atoms with Crippen LogP contribution in [0.4, 0.5) is 11.5 Å². The van der Waals surface area contributed by atoms with E-state index in [1.807, 2.05) is 19.3 Å². The first-order valence-corrected chi connectivity index (χ1v) is 5.96. The molecule has 2 aromatic heterocycles. The molecule has 0 aliphatic carbocycles. The van der Waals surface area contributed by atoms with Gasteiger partial charge in [0, 0.05) is 38.5 Å². The smallest absolute Gasteiger partial charge is 0.312 e. The van der Waals surface area contributed by atoms with Crippen molar-refractivity contribution < 1.29 is 4.92 Å². The SMILES string of the molecule is Cn1ccc(CCNc2ncc(Cl)cc2[N+](=O)[O-])n1. The van der Waals surface area contributed by atoms with Crippen LogP contribution in [-0.4, -0.2) is 26.2 Å². The van der Waals surface area contributed by atoms with Gasteiger partial charge in [0.05, 0.1) is 15.6 Å². The lowest BCUT2D eigenvalue weighted by Gasteiger charge is -2.05. The molecule has 0 unspecified atom stereocenters. The Hall–Kier alpha value is -2.15. The van der Waals surface area contributed by atoms with E-state index in [1.165, 1.54) is 12.3 Å². The van der Waals surface area contributed by atoms with Crippen molar-refractivity contribution in [3.8, 4) is 0 Å². The third kappa shape index (κ3) is 3.41. The first kappa shape index (κ1) is 13.3. The summed E-state index contributed by atoms with van der Waals surface area (Å²) < 4.78 is 1.71. The molecule has 0 fully saturated rings. The van der Waals surface area contributed by atoms with Crippen molar-refractivity contribution in [2.75, 3.05) is 11.9 Å². The van der Waals surface area contributed by atoms with Crippen LogP contribution < -0.4 is 5.32 Å². The second-order valence-electron chi connectivity index (χ2n) is 3.94. The molecule has 0 saturated heterocycles. The van der Waals surface area contributed by atoms with Crippen LogP contribution in [0.2, 0.25) is 5.02 Å². The van der Waals surface area contributed by atoms with Crippen LogP contribution in [0, 0.1) is 10.1 Å². The van der Waals surface area contributed by atoms with Crippen molar-refractivity contribution in [3.05, 3.63) is 45.4 Å². The third-order valence-electron chi connectivity index (χ3n) is 2.47. The van der Waals surface area contributed by atoms with Crippen LogP contribution in [0.25, 0.3) is 0 Å². The number of anilines is 1. The molecule has 8 heteroatoms. The summed E-state index contributed by atoms with van der Waals surface area (Å²) in [6.45, 7) is 0.506. The summed E-state index contributed by atoms with van der Waals surface area (Å²) in [4.78, 5) is 14.3. The van der Waals surface area contributed by atoms with E-state index in [4.69, 9.17) is 11.6 Å². The molecule has 0 saturated carbocycles. The number of aromatic nitrogens is 3. The molecule has 1 N–H and O–H groups in total. The first-order chi connectivity index (χ1) is 9.06. The van der Waals surface area contributed by atoms with Gasteiger partial charge in [-0.2, -0.15) is 5.10 Å². The van der Waals surface area contributed by atoms with E-state index in [1.54, 1.807) is 4.68 Å². The summed E-state index contributed by atoms with van der Waals surface area (Å²) in [5, 5.41) is 18.2. The normalized spacial score (nSPS) is 10.4. The van der Waals surface area contributed by atoms with Gasteiger partial charge in [-0.15, -0.1) is 0 Å². The van der Waals surface area contributed by atoms with E-state index < -0.39 is 4.92 Å². The van der Waals surface area contributed by atoms with Crippen LogP contribution in [0.15, 0.2) is 24.5 Å². The van der Waals surface area contributed by atoms with Crippen molar-refractivity contribution in [2.24, 2.45) is 7.05 Å². The van der Waals surface area contributed by atoms with Gasteiger partial charge in [-0.25, -0.2) is 4.98 Å². The average molecular weight is 282 g/mol. The highest BCUT2D eigenvalue weighted by molar-refractivity contribution is 6.30. The number of rotatable bonds is 5. The number of nitrogens with one attached hydrogen (secondary N) is 1. The van der Waals surface area contributed by atoms with Crippen LogP contribution >= 0.6 is 11.6 Å². The summed E-state index contributed by atoms with van der Waals surface area (Å²) in [6, 6.07) is 3.17. The molecule has 2 heterocycles. The molecule has 7 nitrogen and oxygen atoms in total. The highest BCUT2D eigenvalue weighted by Crippen LogP contribution is 2.24. The molecular weight excluding hydrogens is 270 g/mol. The maximum atomic E-state index is 10.9. The fraction of sp³-hybridized carbons (Fsp3) is 0.273. The molecule has 0 bridgehead atoms. The second-order valence-corrected chi connectivity index (χ2v) is 4.37. The maximum Gasteiger partial charge on any atom is 0.312 e. The number of nitro groups is 1. The summed E-state index contributed by atoms with van der Waals surface area (Å²) in [6.07, 6.45) is 3.87. The number of nitrogens with zero attached hydrogens (tertiary/aromatic N) is 4. The molecule has 0 radical (unpaired) electrons. The largest absolute Gasteiger partial charge is 0.364 e. The van der Waals surface area contributed by atoms with Gasteiger partial charge in [0.25, 0.3) is 0 Å². The monoisotopic (exact) mass is 281 g/mol. The van der Waals surface area contributed by atoms with Gasteiger partial charge < -0.3 is 5.32 Å². The Morgan fingerprint density at radius 3 is 3.00 bits per heavy atom. The molecule has 0 aromatic carbocycles. The molecule has 0 aliphatic rings. The van der Waals surface area contributed by atoms with Crippen LogP contribution in [-0.2, 0) is 13.5 Å². The van der Waals surface area contributed by atoms with E-state index in [0.29, 0.717) is 13.0 Å². The Labute approximate surface area is 114 Å². The first-order valence-electron chi connectivity index (χ1n) is 5.58. The summed E-state index contributed by atoms with van der Waals surface area (Å²) in [5.41, 5.74) is 0.778. The molecule has 0 aliphatic heterocycles. The second kappa shape index (κ2) is 5.66. The lowest BCUT2D eigenvalue weighted by atomic mass is 10.3. The number of aryl methyl sites for hydroxylation is 1. The summed E-state index contributed by atoms with van der Waals surface area (Å²) in [7, 11) is 1.84. The van der Waals surface area contributed by atoms with Gasteiger partial charge in [-0.3, -0.25) is 14.8 Å². The van der Waals surface area contributed by atoms with Crippen LogP contribution in [0.3, 0.4) is 0 Å². The van der Waals surface area contributed by atoms with E-state index >= 15 is 0 Å². The molecule has 19 heavy (non-hydrogen) atoms. The van der Waals surface area contributed by atoms with Gasteiger partial charge in [-0.1, -0.05) is 11.6 Å². The average Bonchev–Trinajstić information content (AvgIpc) is 2.77. The Morgan fingerprint density at radius 2 is 2.37 bits per heavy atom. The number of hydrogen-bond acceptors (Lipinski definition) is 5. The lowest BCUT2D eigenvalue weighted by Crippen LogP contribution is -2.09. The highest BCUT2D eigenvalue weighted by Gasteiger charge is 2.15. The Kier molecular flexibility index (Phi) is 3.96. The number of pyridine rings is 1. The number of hydrogen-bond donors (Lipinski definition) is 1. The third-order valence-corrected chi connectivity index (χ3v) is 2.68.